The summed E-state index contributed by atoms with van der Waals surface area (Å²) in [6, 6.07) is 36.5. The molecule has 0 radical (unpaired) electrons. The van der Waals surface area contributed by atoms with E-state index in [4.69, 9.17) is 4.99 Å². The van der Waals surface area contributed by atoms with E-state index < -0.39 is 0 Å². The molecule has 0 saturated heterocycles. The van der Waals surface area contributed by atoms with Crippen LogP contribution in [0.25, 0.3) is 33.4 Å². The highest BCUT2D eigenvalue weighted by Gasteiger charge is 2.15. The van der Waals surface area contributed by atoms with Gasteiger partial charge < -0.3 is 0 Å². The predicted octanol–water partition coefficient (Wildman–Crippen LogP) is 8.76. The molecule has 5 rings (SSSR count). The van der Waals surface area contributed by atoms with Gasteiger partial charge in [-0.2, -0.15) is 0 Å². The Morgan fingerprint density at radius 1 is 0.543 bits per heavy atom. The van der Waals surface area contributed by atoms with Crippen molar-refractivity contribution in [3.8, 4) is 33.4 Å². The second-order valence-corrected chi connectivity index (χ2v) is 9.03. The Balaban J connectivity index is 1.78. The van der Waals surface area contributed by atoms with E-state index in [-0.39, 0.29) is 0 Å². The molecule has 0 bridgehead atoms. The van der Waals surface area contributed by atoms with Crippen LogP contribution in [0.4, 0.5) is 5.69 Å². The maximum absolute atomic E-state index is 5.04. The molecular formula is C33H28N2. The maximum atomic E-state index is 5.04. The fourth-order valence-corrected chi connectivity index (χ4v) is 4.18. The Morgan fingerprint density at radius 3 is 1.49 bits per heavy atom. The van der Waals surface area contributed by atoms with E-state index in [0.717, 1.165) is 33.6 Å². The van der Waals surface area contributed by atoms with Gasteiger partial charge in [0.05, 0.1) is 17.6 Å². The molecule has 0 aliphatic carbocycles. The van der Waals surface area contributed by atoms with Crippen LogP contribution < -0.4 is 0 Å². The summed E-state index contributed by atoms with van der Waals surface area (Å²) < 4.78 is 0. The molecule has 170 valence electrons. The SMILES string of the molecule is Cc1ccc(-c2cc(-c3ccc(C)cc3)c(N=Cc3ccccn3)c(-c3ccc(C)cc3)c2)cc1. The molecule has 5 aromatic rings. The molecule has 0 saturated carbocycles. The minimum Gasteiger partial charge on any atom is -0.255 e. The third-order valence-corrected chi connectivity index (χ3v) is 6.23. The zero-order chi connectivity index (χ0) is 24.2. The average molecular weight is 453 g/mol. The Labute approximate surface area is 207 Å². The van der Waals surface area contributed by atoms with Crippen LogP contribution in [-0.2, 0) is 0 Å². The molecule has 0 atom stereocenters. The molecule has 0 aliphatic heterocycles. The minimum absolute atomic E-state index is 0.833. The molecule has 1 aromatic heterocycles. The molecule has 0 N–H and O–H groups in total. The molecule has 0 amide bonds. The lowest BCUT2D eigenvalue weighted by molar-refractivity contribution is 1.30. The van der Waals surface area contributed by atoms with Gasteiger partial charge in [-0.1, -0.05) is 95.6 Å². The van der Waals surface area contributed by atoms with E-state index in [1.165, 1.54) is 27.8 Å². The fourth-order valence-electron chi connectivity index (χ4n) is 4.18. The van der Waals surface area contributed by atoms with Crippen molar-refractivity contribution < 1.29 is 0 Å². The van der Waals surface area contributed by atoms with Crippen LogP contribution in [0.1, 0.15) is 22.4 Å². The molecule has 0 unspecified atom stereocenters. The van der Waals surface area contributed by atoms with Gasteiger partial charge in [0.1, 0.15) is 0 Å². The second-order valence-electron chi connectivity index (χ2n) is 9.03. The van der Waals surface area contributed by atoms with Gasteiger partial charge >= 0.3 is 0 Å². The van der Waals surface area contributed by atoms with Gasteiger partial charge in [-0.05, 0) is 67.3 Å². The first-order valence-corrected chi connectivity index (χ1v) is 11.9. The number of hydrogen-bond acceptors (Lipinski definition) is 2. The number of pyridine rings is 1. The summed E-state index contributed by atoms with van der Waals surface area (Å²) in [5, 5.41) is 0. The van der Waals surface area contributed by atoms with Gasteiger partial charge in [0.15, 0.2) is 0 Å². The largest absolute Gasteiger partial charge is 0.255 e. The number of nitrogens with zero attached hydrogens (tertiary/aromatic N) is 2. The number of benzene rings is 4. The molecule has 0 spiro atoms. The van der Waals surface area contributed by atoms with Crippen molar-refractivity contribution in [1.82, 2.24) is 4.98 Å². The van der Waals surface area contributed by atoms with Crippen molar-refractivity contribution in [1.29, 1.82) is 0 Å². The first kappa shape index (κ1) is 22.5. The summed E-state index contributed by atoms with van der Waals surface area (Å²) in [5.74, 6) is 0. The van der Waals surface area contributed by atoms with Crippen LogP contribution in [0.5, 0.6) is 0 Å². The summed E-state index contributed by atoms with van der Waals surface area (Å²) in [6.07, 6.45) is 3.65. The van der Waals surface area contributed by atoms with E-state index in [0.29, 0.717) is 0 Å². The summed E-state index contributed by atoms with van der Waals surface area (Å²) in [4.78, 5) is 9.48. The normalized spacial score (nSPS) is 11.2. The smallest absolute Gasteiger partial charge is 0.0812 e. The highest BCUT2D eigenvalue weighted by molar-refractivity contribution is 5.95. The number of hydrogen-bond donors (Lipinski definition) is 0. The monoisotopic (exact) mass is 452 g/mol. The zero-order valence-electron chi connectivity index (χ0n) is 20.4. The number of aryl methyl sites for hydroxylation is 3. The van der Waals surface area contributed by atoms with Crippen LogP contribution in [-0.4, -0.2) is 11.2 Å². The first-order valence-electron chi connectivity index (χ1n) is 11.9. The van der Waals surface area contributed by atoms with Gasteiger partial charge in [-0.25, -0.2) is 0 Å². The molecule has 1 heterocycles. The van der Waals surface area contributed by atoms with Crippen molar-refractivity contribution in [2.45, 2.75) is 20.8 Å². The Bertz CT molecular complexity index is 1400. The van der Waals surface area contributed by atoms with Crippen LogP contribution in [0.2, 0.25) is 0 Å². The van der Waals surface area contributed by atoms with Crippen molar-refractivity contribution in [2.24, 2.45) is 4.99 Å². The van der Waals surface area contributed by atoms with E-state index in [1.807, 2.05) is 24.4 Å². The fraction of sp³-hybridized carbons (Fsp3) is 0.0909. The molecule has 0 fully saturated rings. The van der Waals surface area contributed by atoms with Crippen molar-refractivity contribution in [3.05, 3.63) is 132 Å². The van der Waals surface area contributed by atoms with Crippen LogP contribution >= 0.6 is 0 Å². The highest BCUT2D eigenvalue weighted by Crippen LogP contribution is 2.43. The molecule has 35 heavy (non-hydrogen) atoms. The Kier molecular flexibility index (Phi) is 6.36. The van der Waals surface area contributed by atoms with Crippen molar-refractivity contribution in [2.75, 3.05) is 0 Å². The quantitative estimate of drug-likeness (QED) is 0.245. The van der Waals surface area contributed by atoms with Crippen LogP contribution in [0.3, 0.4) is 0 Å². The van der Waals surface area contributed by atoms with E-state index in [2.05, 4.69) is 111 Å². The molecule has 0 aliphatic rings. The maximum Gasteiger partial charge on any atom is 0.0812 e. The molecule has 2 heteroatoms. The third-order valence-electron chi connectivity index (χ3n) is 6.23. The lowest BCUT2D eigenvalue weighted by atomic mass is 9.90. The first-order chi connectivity index (χ1) is 17.1. The molecule has 4 aromatic carbocycles. The van der Waals surface area contributed by atoms with E-state index >= 15 is 0 Å². The van der Waals surface area contributed by atoms with Crippen LogP contribution in [0.15, 0.2) is 114 Å². The second kappa shape index (κ2) is 9.90. The minimum atomic E-state index is 0.833. The van der Waals surface area contributed by atoms with E-state index in [1.54, 1.807) is 6.20 Å². The Morgan fingerprint density at radius 2 is 1.03 bits per heavy atom. The zero-order valence-corrected chi connectivity index (χ0v) is 20.4. The lowest BCUT2D eigenvalue weighted by Gasteiger charge is -2.16. The van der Waals surface area contributed by atoms with Crippen molar-refractivity contribution in [3.63, 3.8) is 0 Å². The molecule has 2 nitrogen and oxygen atoms in total. The van der Waals surface area contributed by atoms with E-state index in [9.17, 15) is 0 Å². The number of rotatable bonds is 5. The van der Waals surface area contributed by atoms with Crippen LogP contribution in [0, 0.1) is 20.8 Å². The number of aromatic nitrogens is 1. The van der Waals surface area contributed by atoms with Gasteiger partial charge in [-0.3, -0.25) is 9.98 Å². The standard InChI is InChI=1S/C33H28N2/c1-23-7-13-26(14-8-23)29-20-31(27-15-9-24(2)10-16-27)33(35-22-30-6-4-5-19-34-30)32(21-29)28-17-11-25(3)12-18-28/h4-22H,1-3H3. The summed E-state index contributed by atoms with van der Waals surface area (Å²) in [7, 11) is 0. The Hall–Kier alpha value is -4.30. The van der Waals surface area contributed by atoms with Gasteiger partial charge in [-0.15, -0.1) is 0 Å². The topological polar surface area (TPSA) is 25.2 Å². The van der Waals surface area contributed by atoms with Gasteiger partial charge in [0.25, 0.3) is 0 Å². The third kappa shape index (κ3) is 5.12. The average Bonchev–Trinajstić information content (AvgIpc) is 2.89. The summed E-state index contributed by atoms with van der Waals surface area (Å²) in [5.41, 5.74) is 12.4. The summed E-state index contributed by atoms with van der Waals surface area (Å²) >= 11 is 0. The van der Waals surface area contributed by atoms with Crippen molar-refractivity contribution >= 4 is 11.9 Å². The highest BCUT2D eigenvalue weighted by atomic mass is 14.8. The summed E-state index contributed by atoms with van der Waals surface area (Å²) in [6.45, 7) is 6.35. The predicted molar refractivity (Wildman–Crippen MR) is 148 cm³/mol. The molecular weight excluding hydrogens is 424 g/mol. The number of aliphatic imine (C=N–C) groups is 1. The van der Waals surface area contributed by atoms with Gasteiger partial charge in [0, 0.05) is 17.3 Å². The van der Waals surface area contributed by atoms with Gasteiger partial charge in [0.2, 0.25) is 0 Å². The lowest BCUT2D eigenvalue weighted by Crippen LogP contribution is -1.91.